The van der Waals surface area contributed by atoms with Gasteiger partial charge in [0.1, 0.15) is 11.9 Å². The highest BCUT2D eigenvalue weighted by Crippen LogP contribution is 2.58. The molecule has 4 saturated carbocycles. The van der Waals surface area contributed by atoms with Gasteiger partial charge in [0, 0.05) is 12.8 Å². The number of esters is 2. The lowest BCUT2D eigenvalue weighted by Gasteiger charge is -2.34. The van der Waals surface area contributed by atoms with Crippen LogP contribution in [0.2, 0.25) is 0 Å². The van der Waals surface area contributed by atoms with Crippen molar-refractivity contribution >= 4 is 17.7 Å². The fourth-order valence-corrected chi connectivity index (χ4v) is 7.05. The molecule has 0 aromatic carbocycles. The van der Waals surface area contributed by atoms with Crippen LogP contribution in [0.4, 0.5) is 0 Å². The van der Waals surface area contributed by atoms with E-state index in [9.17, 15) is 14.4 Å². The van der Waals surface area contributed by atoms with Crippen LogP contribution >= 0.6 is 0 Å². The van der Waals surface area contributed by atoms with Crippen LogP contribution < -0.4 is 0 Å². The molecule has 0 N–H and O–H groups in total. The molecule has 0 amide bonds. The lowest BCUT2D eigenvalue weighted by molar-refractivity contribution is -0.166. The van der Waals surface area contributed by atoms with Crippen molar-refractivity contribution in [2.45, 2.75) is 141 Å². The minimum absolute atomic E-state index is 0. The molecule has 0 spiro atoms. The van der Waals surface area contributed by atoms with Crippen molar-refractivity contribution in [1.82, 2.24) is 0 Å². The molecule has 0 radical (unpaired) electrons. The van der Waals surface area contributed by atoms with Crippen molar-refractivity contribution in [3.63, 3.8) is 0 Å². The second kappa shape index (κ2) is 15.1. The first-order valence-electron chi connectivity index (χ1n) is 12.9. The Morgan fingerprint density at radius 1 is 0.861 bits per heavy atom. The minimum Gasteiger partial charge on any atom is -0.469 e. The number of rotatable bonds is 6. The first kappa shape index (κ1) is 36.8. The number of carbonyl (C=O) groups excluding carboxylic acids is 3. The minimum atomic E-state index is -0.806. The molecule has 6 atom stereocenters. The molecule has 2 bridgehead atoms. The Kier molecular flexibility index (Phi) is 15.4. The molecule has 4 aliphatic carbocycles. The summed E-state index contributed by atoms with van der Waals surface area (Å²) in [4.78, 5) is 35.9. The van der Waals surface area contributed by atoms with Crippen LogP contribution in [0.15, 0.2) is 0 Å². The zero-order chi connectivity index (χ0) is 23.5. The second-order valence-corrected chi connectivity index (χ2v) is 11.7. The first-order valence-corrected chi connectivity index (χ1v) is 12.9. The molecule has 5 heteroatoms. The molecule has 0 saturated heterocycles. The van der Waals surface area contributed by atoms with Gasteiger partial charge in [-0.25, -0.2) is 0 Å². The van der Waals surface area contributed by atoms with Crippen LogP contribution in [-0.4, -0.2) is 30.9 Å². The Morgan fingerprint density at radius 2 is 1.42 bits per heavy atom. The molecule has 6 unspecified atom stereocenters. The summed E-state index contributed by atoms with van der Waals surface area (Å²) in [7, 11) is 1.36. The molecule has 0 heterocycles. The predicted octanol–water partition coefficient (Wildman–Crippen LogP) is 8.42. The fraction of sp³-hybridized carbons (Fsp3) is 0.903. The van der Waals surface area contributed by atoms with E-state index in [2.05, 4.69) is 0 Å². The van der Waals surface area contributed by atoms with E-state index in [0.29, 0.717) is 25.7 Å². The van der Waals surface area contributed by atoms with E-state index in [1.54, 1.807) is 59.3 Å². The number of hydrogen-bond donors (Lipinski definition) is 0. The molecule has 36 heavy (non-hydrogen) atoms. The summed E-state index contributed by atoms with van der Waals surface area (Å²) in [5.74, 6) is 4.28. The second-order valence-electron chi connectivity index (χ2n) is 11.7. The quantitative estimate of drug-likeness (QED) is 0.334. The lowest BCUT2D eigenvalue weighted by Crippen LogP contribution is -2.40. The van der Waals surface area contributed by atoms with Gasteiger partial charge >= 0.3 is 11.9 Å². The lowest BCUT2D eigenvalue weighted by atomic mass is 9.72. The van der Waals surface area contributed by atoms with Crippen LogP contribution in [0.1, 0.15) is 134 Å². The van der Waals surface area contributed by atoms with Gasteiger partial charge in [0.15, 0.2) is 0 Å². The van der Waals surface area contributed by atoms with Gasteiger partial charge in [-0.2, -0.15) is 0 Å². The van der Waals surface area contributed by atoms with Gasteiger partial charge in [0.2, 0.25) is 0 Å². The first-order chi connectivity index (χ1) is 15.1. The van der Waals surface area contributed by atoms with Crippen LogP contribution in [0.25, 0.3) is 0 Å². The normalized spacial score (nSPS) is 29.4. The Balaban J connectivity index is 0. The molecular weight excluding hydrogens is 452 g/mol. The van der Waals surface area contributed by atoms with E-state index in [-0.39, 0.29) is 53.5 Å². The van der Waals surface area contributed by atoms with Gasteiger partial charge in [-0.15, -0.1) is 0 Å². The van der Waals surface area contributed by atoms with E-state index < -0.39 is 10.8 Å². The van der Waals surface area contributed by atoms with Crippen LogP contribution in [0.3, 0.4) is 0 Å². The Labute approximate surface area is 223 Å². The Bertz CT molecular complexity index is 683. The molecule has 4 rings (SSSR count). The maximum absolute atomic E-state index is 12.5. The van der Waals surface area contributed by atoms with Crippen molar-refractivity contribution < 1.29 is 23.9 Å². The Hall–Kier alpha value is -1.39. The SMILES string of the molecule is C.C.C.C.C1CC2C3CCC(C3)C2C1.CCC(C)(CC(C)(C)C(=O)OC1CCCC(=O)C1)C(=O)OC. The van der Waals surface area contributed by atoms with Crippen molar-refractivity contribution in [1.29, 1.82) is 0 Å². The van der Waals surface area contributed by atoms with Gasteiger partial charge in [-0.05, 0) is 102 Å². The van der Waals surface area contributed by atoms with Gasteiger partial charge in [0.05, 0.1) is 17.9 Å². The highest BCUT2D eigenvalue weighted by molar-refractivity contribution is 5.82. The molecule has 5 nitrogen and oxygen atoms in total. The summed E-state index contributed by atoms with van der Waals surface area (Å²) < 4.78 is 10.4. The number of ketones is 1. The monoisotopic (exact) mass is 512 g/mol. The third-order valence-corrected chi connectivity index (χ3v) is 8.90. The zero-order valence-corrected chi connectivity index (χ0v) is 20.9. The van der Waals surface area contributed by atoms with Crippen molar-refractivity contribution in [3.8, 4) is 0 Å². The number of fused-ring (bicyclic) bond motifs is 5. The van der Waals surface area contributed by atoms with E-state index >= 15 is 0 Å². The highest BCUT2D eigenvalue weighted by atomic mass is 16.5. The van der Waals surface area contributed by atoms with Crippen LogP contribution in [0, 0.1) is 34.5 Å². The summed E-state index contributed by atoms with van der Waals surface area (Å²) in [5, 5.41) is 0. The van der Waals surface area contributed by atoms with Crippen LogP contribution in [0.5, 0.6) is 0 Å². The van der Waals surface area contributed by atoms with Gasteiger partial charge in [-0.1, -0.05) is 43.1 Å². The van der Waals surface area contributed by atoms with Gasteiger partial charge in [-0.3, -0.25) is 14.4 Å². The molecule has 0 aromatic rings. The molecule has 214 valence electrons. The summed E-state index contributed by atoms with van der Waals surface area (Å²) >= 11 is 0. The predicted molar refractivity (Wildman–Crippen MR) is 151 cm³/mol. The molecular formula is C31H60O5. The van der Waals surface area contributed by atoms with Gasteiger partial charge < -0.3 is 9.47 Å². The Morgan fingerprint density at radius 3 is 1.89 bits per heavy atom. The van der Waals surface area contributed by atoms with E-state index in [1.165, 1.54) is 30.8 Å². The summed E-state index contributed by atoms with van der Waals surface area (Å²) in [6, 6.07) is 0. The topological polar surface area (TPSA) is 69.7 Å². The van der Waals surface area contributed by atoms with Crippen molar-refractivity contribution in [3.05, 3.63) is 0 Å². The fourth-order valence-electron chi connectivity index (χ4n) is 7.05. The van der Waals surface area contributed by atoms with E-state index in [0.717, 1.165) is 12.8 Å². The van der Waals surface area contributed by atoms with Crippen molar-refractivity contribution in [2.75, 3.05) is 7.11 Å². The summed E-state index contributed by atoms with van der Waals surface area (Å²) in [6.07, 6.45) is 12.5. The standard InChI is InChI=1S/C17H28O5.C10H16.4CH4/c1-6-17(4,15(20)21-5)11-16(2,3)14(19)22-13-9-7-8-12(18)10-13;1-2-9-7-4-5-8(6-7)10(9)3-1;;;;/h13H,6-11H2,1-5H3;7-10H,1-6H2;4*1H4. The van der Waals surface area contributed by atoms with E-state index in [4.69, 9.17) is 9.47 Å². The van der Waals surface area contributed by atoms with E-state index in [1.807, 2.05) is 6.92 Å². The molecule has 4 aliphatic rings. The molecule has 0 aromatic heterocycles. The maximum atomic E-state index is 12.5. The van der Waals surface area contributed by atoms with Crippen molar-refractivity contribution in [2.24, 2.45) is 34.5 Å². The number of hydrogen-bond acceptors (Lipinski definition) is 5. The maximum Gasteiger partial charge on any atom is 0.311 e. The summed E-state index contributed by atoms with van der Waals surface area (Å²) in [5.41, 5.74) is -1.53. The average molecular weight is 513 g/mol. The molecule has 4 fully saturated rings. The largest absolute Gasteiger partial charge is 0.469 e. The summed E-state index contributed by atoms with van der Waals surface area (Å²) in [6.45, 7) is 7.25. The smallest absolute Gasteiger partial charge is 0.311 e. The number of Topliss-reactive ketones (excluding diaryl/α,β-unsaturated/α-hetero) is 1. The number of ether oxygens (including phenoxy) is 2. The average Bonchev–Trinajstić information content (AvgIpc) is 3.48. The highest BCUT2D eigenvalue weighted by Gasteiger charge is 2.49. The number of methoxy groups -OCH3 is 1. The third kappa shape index (κ3) is 8.31. The molecule has 0 aliphatic heterocycles. The van der Waals surface area contributed by atoms with Gasteiger partial charge in [0.25, 0.3) is 0 Å². The van der Waals surface area contributed by atoms with Crippen LogP contribution in [-0.2, 0) is 23.9 Å². The zero-order valence-electron chi connectivity index (χ0n) is 20.9. The third-order valence-electron chi connectivity index (χ3n) is 8.90. The number of carbonyl (C=O) groups is 3.